The topological polar surface area (TPSA) is 37.8 Å². The summed E-state index contributed by atoms with van der Waals surface area (Å²) in [6.07, 6.45) is 0.619. The van der Waals surface area contributed by atoms with Crippen LogP contribution in [0.1, 0.15) is 48.9 Å². The molecule has 0 saturated carbocycles. The molecule has 6 heteroatoms. The van der Waals surface area contributed by atoms with Crippen molar-refractivity contribution in [1.82, 2.24) is 14.9 Å². The van der Waals surface area contributed by atoms with Gasteiger partial charge in [0, 0.05) is 11.1 Å². The van der Waals surface area contributed by atoms with E-state index in [2.05, 4.69) is 28.8 Å². The summed E-state index contributed by atoms with van der Waals surface area (Å²) in [5.74, 6) is 0.0408. The molecule has 1 aromatic carbocycles. The first-order valence-electron chi connectivity index (χ1n) is 7.02. The highest BCUT2D eigenvalue weighted by Gasteiger charge is 2.21. The predicted octanol–water partition coefficient (Wildman–Crippen LogP) is 4.35. The summed E-state index contributed by atoms with van der Waals surface area (Å²) in [7, 11) is 0. The van der Waals surface area contributed by atoms with Crippen molar-refractivity contribution in [2.45, 2.75) is 39.2 Å². The largest absolute Gasteiger partial charge is 0.309 e. The van der Waals surface area contributed by atoms with Crippen molar-refractivity contribution in [3.8, 4) is 0 Å². The molecule has 0 amide bonds. The Labute approximate surface area is 133 Å². The molecule has 0 saturated heterocycles. The van der Waals surface area contributed by atoms with Crippen LogP contribution < -0.4 is 5.32 Å². The molecule has 0 bridgehead atoms. The van der Waals surface area contributed by atoms with Gasteiger partial charge < -0.3 is 5.32 Å². The van der Waals surface area contributed by atoms with Gasteiger partial charge in [-0.05, 0) is 54.2 Å². The number of hydrogen-bond acceptors (Lipinski definition) is 4. The second kappa shape index (κ2) is 7.29. The average molecular weight is 328 g/mol. The van der Waals surface area contributed by atoms with Crippen LogP contribution >= 0.6 is 23.1 Å². The average Bonchev–Trinajstić information content (AvgIpc) is 2.91. The van der Waals surface area contributed by atoms with Crippen molar-refractivity contribution in [1.29, 1.82) is 0 Å². The lowest BCUT2D eigenvalue weighted by molar-refractivity contribution is 0.546. The molecule has 1 atom stereocenters. The van der Waals surface area contributed by atoms with E-state index in [1.54, 1.807) is 6.07 Å². The molecule has 0 aliphatic carbocycles. The molecule has 0 aliphatic heterocycles. The number of benzene rings is 1. The van der Waals surface area contributed by atoms with Crippen molar-refractivity contribution in [3.05, 3.63) is 45.2 Å². The van der Waals surface area contributed by atoms with Crippen molar-refractivity contribution < 1.29 is 4.39 Å². The van der Waals surface area contributed by atoms with E-state index >= 15 is 0 Å². The molecule has 1 unspecified atom stereocenters. The number of rotatable bonds is 6. The van der Waals surface area contributed by atoms with Crippen LogP contribution in [-0.4, -0.2) is 16.1 Å². The Morgan fingerprint density at radius 2 is 2.14 bits per heavy atom. The summed E-state index contributed by atoms with van der Waals surface area (Å²) >= 11 is 7.58. The summed E-state index contributed by atoms with van der Waals surface area (Å²) in [6.45, 7) is 7.05. The normalized spacial score (nSPS) is 12.9. The van der Waals surface area contributed by atoms with Gasteiger partial charge in [0.15, 0.2) is 0 Å². The standard InChI is InChI=1S/C15H19ClFN3S/c1-4-18-13(15-14(9(2)3)19-20-21-15)8-10-7-11(17)5-6-12(10)16/h5-7,9,13,18H,4,8H2,1-3H3. The molecule has 1 heterocycles. The Bertz CT molecular complexity index is 600. The summed E-state index contributed by atoms with van der Waals surface area (Å²) in [5.41, 5.74) is 1.80. The smallest absolute Gasteiger partial charge is 0.123 e. The molecule has 2 rings (SSSR count). The monoisotopic (exact) mass is 327 g/mol. The van der Waals surface area contributed by atoms with Crippen molar-refractivity contribution >= 4 is 23.1 Å². The number of hydrogen-bond donors (Lipinski definition) is 1. The second-order valence-corrected chi connectivity index (χ2v) is 6.42. The zero-order valence-corrected chi connectivity index (χ0v) is 13.9. The zero-order chi connectivity index (χ0) is 15.4. The van der Waals surface area contributed by atoms with Crippen LogP contribution in [0, 0.1) is 5.82 Å². The fraction of sp³-hybridized carbons (Fsp3) is 0.467. The highest BCUT2D eigenvalue weighted by molar-refractivity contribution is 7.05. The lowest BCUT2D eigenvalue weighted by Crippen LogP contribution is -2.23. The van der Waals surface area contributed by atoms with Gasteiger partial charge in [0.05, 0.1) is 10.6 Å². The van der Waals surface area contributed by atoms with Crippen LogP contribution in [0.4, 0.5) is 4.39 Å². The van der Waals surface area contributed by atoms with Crippen molar-refractivity contribution in [2.75, 3.05) is 6.54 Å². The molecule has 1 aromatic heterocycles. The second-order valence-electron chi connectivity index (χ2n) is 5.23. The third-order valence-corrected chi connectivity index (χ3v) is 4.51. The van der Waals surface area contributed by atoms with Gasteiger partial charge in [-0.2, -0.15) is 0 Å². The Morgan fingerprint density at radius 1 is 1.38 bits per heavy atom. The predicted molar refractivity (Wildman–Crippen MR) is 85.5 cm³/mol. The first kappa shape index (κ1) is 16.3. The van der Waals surface area contributed by atoms with Crippen LogP contribution in [0.3, 0.4) is 0 Å². The van der Waals surface area contributed by atoms with E-state index in [-0.39, 0.29) is 11.9 Å². The molecule has 21 heavy (non-hydrogen) atoms. The first-order valence-corrected chi connectivity index (χ1v) is 8.17. The van der Waals surface area contributed by atoms with Crippen LogP contribution in [0.15, 0.2) is 18.2 Å². The Hall–Kier alpha value is -1.04. The van der Waals surface area contributed by atoms with E-state index in [0.29, 0.717) is 17.4 Å². The van der Waals surface area contributed by atoms with Crippen LogP contribution in [0.2, 0.25) is 5.02 Å². The molecule has 114 valence electrons. The van der Waals surface area contributed by atoms with E-state index < -0.39 is 0 Å². The Kier molecular flexibility index (Phi) is 5.67. The summed E-state index contributed by atoms with van der Waals surface area (Å²) in [4.78, 5) is 1.10. The SMILES string of the molecule is CCNC(Cc1cc(F)ccc1Cl)c1snnc1C(C)C. The zero-order valence-electron chi connectivity index (χ0n) is 12.4. The molecule has 0 aliphatic rings. The molecule has 0 fully saturated rings. The van der Waals surface area contributed by atoms with Gasteiger partial charge in [0.2, 0.25) is 0 Å². The maximum absolute atomic E-state index is 13.4. The molecule has 0 radical (unpaired) electrons. The minimum atomic E-state index is -0.267. The fourth-order valence-corrected chi connectivity index (χ4v) is 3.35. The van der Waals surface area contributed by atoms with Gasteiger partial charge in [-0.1, -0.05) is 36.9 Å². The summed E-state index contributed by atoms with van der Waals surface area (Å²) in [5, 5.41) is 8.23. The number of likely N-dealkylation sites (N-methyl/N-ethyl adjacent to an activating group) is 1. The van der Waals surface area contributed by atoms with E-state index in [4.69, 9.17) is 11.6 Å². The van der Waals surface area contributed by atoms with Crippen LogP contribution in [-0.2, 0) is 6.42 Å². The lowest BCUT2D eigenvalue weighted by atomic mass is 10.00. The van der Waals surface area contributed by atoms with Gasteiger partial charge in [0.1, 0.15) is 5.82 Å². The molecule has 2 aromatic rings. The maximum Gasteiger partial charge on any atom is 0.123 e. The van der Waals surface area contributed by atoms with Crippen LogP contribution in [0.5, 0.6) is 0 Å². The number of nitrogens with one attached hydrogen (secondary N) is 1. The summed E-state index contributed by atoms with van der Waals surface area (Å²) < 4.78 is 17.5. The maximum atomic E-state index is 13.4. The highest BCUT2D eigenvalue weighted by Crippen LogP contribution is 2.30. The number of aromatic nitrogens is 2. The quantitative estimate of drug-likeness (QED) is 0.857. The van der Waals surface area contributed by atoms with Gasteiger partial charge >= 0.3 is 0 Å². The number of nitrogens with zero attached hydrogens (tertiary/aromatic N) is 2. The van der Waals surface area contributed by atoms with Crippen molar-refractivity contribution in [2.24, 2.45) is 0 Å². The van der Waals surface area contributed by atoms with Gasteiger partial charge in [-0.15, -0.1) is 5.10 Å². The van der Waals surface area contributed by atoms with E-state index in [1.165, 1.54) is 23.7 Å². The minimum Gasteiger partial charge on any atom is -0.309 e. The van der Waals surface area contributed by atoms with E-state index in [0.717, 1.165) is 22.7 Å². The van der Waals surface area contributed by atoms with Gasteiger partial charge in [0.25, 0.3) is 0 Å². The van der Waals surface area contributed by atoms with Crippen LogP contribution in [0.25, 0.3) is 0 Å². The van der Waals surface area contributed by atoms with E-state index in [1.807, 2.05) is 6.92 Å². The fourth-order valence-electron chi connectivity index (χ4n) is 2.27. The van der Waals surface area contributed by atoms with Gasteiger partial charge in [-0.3, -0.25) is 0 Å². The number of halogens is 2. The minimum absolute atomic E-state index is 0.0479. The highest BCUT2D eigenvalue weighted by atomic mass is 35.5. The Morgan fingerprint density at radius 3 is 2.81 bits per heavy atom. The molecular formula is C15H19ClFN3S. The molecular weight excluding hydrogens is 309 g/mol. The summed E-state index contributed by atoms with van der Waals surface area (Å²) in [6, 6.07) is 4.52. The first-order chi connectivity index (χ1) is 10.0. The molecule has 0 spiro atoms. The Balaban J connectivity index is 2.31. The molecule has 1 N–H and O–H groups in total. The van der Waals surface area contributed by atoms with Crippen molar-refractivity contribution in [3.63, 3.8) is 0 Å². The molecule has 3 nitrogen and oxygen atoms in total. The van der Waals surface area contributed by atoms with E-state index in [9.17, 15) is 4.39 Å². The van der Waals surface area contributed by atoms with Gasteiger partial charge in [-0.25, -0.2) is 4.39 Å². The lowest BCUT2D eigenvalue weighted by Gasteiger charge is -2.19. The third kappa shape index (κ3) is 3.99. The third-order valence-electron chi connectivity index (χ3n) is 3.29.